The molecule has 0 aliphatic rings. The number of carbonyl (C=O) groups is 1. The van der Waals surface area contributed by atoms with Gasteiger partial charge in [-0.2, -0.15) is 13.2 Å². The number of ether oxygens (including phenoxy) is 1. The number of methoxy groups -OCH3 is 1. The number of aromatic nitrogens is 1. The first-order chi connectivity index (χ1) is 8.68. The first kappa shape index (κ1) is 15.1. The van der Waals surface area contributed by atoms with Gasteiger partial charge < -0.3 is 9.84 Å². The molecule has 0 radical (unpaired) electrons. The Balaban J connectivity index is 3.55. The maximum Gasteiger partial charge on any atom is 0.420 e. The Morgan fingerprint density at radius 3 is 2.42 bits per heavy atom. The third-order valence-electron chi connectivity index (χ3n) is 2.18. The molecule has 1 rings (SSSR count). The summed E-state index contributed by atoms with van der Waals surface area (Å²) >= 11 is 0. The van der Waals surface area contributed by atoms with Crippen LogP contribution in [0.2, 0.25) is 0 Å². The van der Waals surface area contributed by atoms with Gasteiger partial charge in [0.15, 0.2) is 5.75 Å². The predicted octanol–water partition coefficient (Wildman–Crippen LogP) is 2.67. The summed E-state index contributed by atoms with van der Waals surface area (Å²) in [5, 5.41) is 8.52. The number of pyridine rings is 1. The van der Waals surface area contributed by atoms with E-state index in [4.69, 9.17) is 5.11 Å². The summed E-state index contributed by atoms with van der Waals surface area (Å²) in [4.78, 5) is 13.6. The molecule has 19 heavy (non-hydrogen) atoms. The first-order valence-electron chi connectivity index (χ1n) is 4.81. The zero-order valence-corrected chi connectivity index (χ0v) is 9.46. The minimum Gasteiger partial charge on any atom is -0.494 e. The van der Waals surface area contributed by atoms with E-state index in [0.717, 1.165) is 7.11 Å². The second kappa shape index (κ2) is 5.37. The number of alkyl halides is 5. The highest BCUT2D eigenvalue weighted by Crippen LogP contribution is 2.42. The molecular formula is C10H8F5NO3. The lowest BCUT2D eigenvalue weighted by atomic mass is 10.0. The van der Waals surface area contributed by atoms with Crippen LogP contribution in [0, 0.1) is 0 Å². The highest BCUT2D eigenvalue weighted by molar-refractivity contribution is 5.71. The molecular weight excluding hydrogens is 277 g/mol. The number of nitrogens with zero attached hydrogens (tertiary/aromatic N) is 1. The molecule has 0 spiro atoms. The van der Waals surface area contributed by atoms with Gasteiger partial charge in [0.1, 0.15) is 11.3 Å². The van der Waals surface area contributed by atoms with Crippen molar-refractivity contribution < 1.29 is 36.6 Å². The van der Waals surface area contributed by atoms with Crippen molar-refractivity contribution in [2.75, 3.05) is 7.11 Å². The van der Waals surface area contributed by atoms with Crippen LogP contribution in [0.3, 0.4) is 0 Å². The Hall–Kier alpha value is -1.93. The van der Waals surface area contributed by atoms with Gasteiger partial charge in [-0.25, -0.2) is 8.78 Å². The van der Waals surface area contributed by atoms with Crippen LogP contribution in [0.4, 0.5) is 22.0 Å². The Morgan fingerprint density at radius 1 is 1.47 bits per heavy atom. The van der Waals surface area contributed by atoms with Crippen molar-refractivity contribution in [1.82, 2.24) is 4.98 Å². The number of carboxylic acids is 1. The SMILES string of the molecule is COc1c(C(F)F)ncc(CC(=O)O)c1C(F)(F)F. The fourth-order valence-electron chi connectivity index (χ4n) is 1.51. The van der Waals surface area contributed by atoms with Gasteiger partial charge in [0.2, 0.25) is 0 Å². The van der Waals surface area contributed by atoms with Crippen molar-refractivity contribution in [3.05, 3.63) is 23.0 Å². The minimum atomic E-state index is -5.03. The van der Waals surface area contributed by atoms with Crippen molar-refractivity contribution in [1.29, 1.82) is 0 Å². The van der Waals surface area contributed by atoms with Crippen molar-refractivity contribution >= 4 is 5.97 Å². The number of rotatable bonds is 4. The van der Waals surface area contributed by atoms with Crippen molar-refractivity contribution in [3.8, 4) is 5.75 Å². The van der Waals surface area contributed by atoms with E-state index in [1.807, 2.05) is 0 Å². The Bertz CT molecular complexity index is 487. The lowest BCUT2D eigenvalue weighted by Crippen LogP contribution is -2.16. The third kappa shape index (κ3) is 3.30. The monoisotopic (exact) mass is 285 g/mol. The van der Waals surface area contributed by atoms with Crippen LogP contribution in [0.5, 0.6) is 5.75 Å². The van der Waals surface area contributed by atoms with Gasteiger partial charge in [-0.15, -0.1) is 0 Å². The van der Waals surface area contributed by atoms with Crippen LogP contribution in [-0.2, 0) is 17.4 Å². The van der Waals surface area contributed by atoms with Crippen LogP contribution in [0.1, 0.15) is 23.2 Å². The molecule has 1 N–H and O–H groups in total. The van der Waals surface area contributed by atoms with E-state index >= 15 is 0 Å². The van der Waals surface area contributed by atoms with Crippen LogP contribution in [0.25, 0.3) is 0 Å². The van der Waals surface area contributed by atoms with Gasteiger partial charge in [-0.3, -0.25) is 9.78 Å². The van der Waals surface area contributed by atoms with Gasteiger partial charge in [-0.1, -0.05) is 0 Å². The van der Waals surface area contributed by atoms with Gasteiger partial charge >= 0.3 is 12.1 Å². The minimum absolute atomic E-state index is 0.473. The van der Waals surface area contributed by atoms with Crippen molar-refractivity contribution in [2.24, 2.45) is 0 Å². The Morgan fingerprint density at radius 2 is 2.05 bits per heavy atom. The van der Waals surface area contributed by atoms with Gasteiger partial charge in [0, 0.05) is 6.20 Å². The standard InChI is InChI=1S/C10H8F5NO3/c1-19-8-6(10(13,14)15)4(2-5(17)18)3-16-7(8)9(11)12/h3,9H,2H2,1H3,(H,17,18). The molecule has 0 atom stereocenters. The fourth-order valence-corrected chi connectivity index (χ4v) is 1.51. The summed E-state index contributed by atoms with van der Waals surface area (Å²) in [7, 11) is 0.780. The highest BCUT2D eigenvalue weighted by atomic mass is 19.4. The van der Waals surface area contributed by atoms with Gasteiger partial charge in [0.25, 0.3) is 6.43 Å². The summed E-state index contributed by atoms with van der Waals surface area (Å²) in [5.74, 6) is -2.69. The van der Waals surface area contributed by atoms with Gasteiger partial charge in [0.05, 0.1) is 13.5 Å². The number of carboxylic acid groups (broad SMARTS) is 1. The Labute approximate surface area is 103 Å². The van der Waals surface area contributed by atoms with Crippen LogP contribution in [0.15, 0.2) is 6.20 Å². The second-order valence-corrected chi connectivity index (χ2v) is 3.45. The van der Waals surface area contributed by atoms with Crippen LogP contribution in [-0.4, -0.2) is 23.2 Å². The number of halogens is 5. The molecule has 106 valence electrons. The third-order valence-corrected chi connectivity index (χ3v) is 2.18. The first-order valence-corrected chi connectivity index (χ1v) is 4.81. The molecule has 1 heterocycles. The van der Waals surface area contributed by atoms with E-state index in [1.54, 1.807) is 0 Å². The molecule has 0 bridgehead atoms. The molecule has 4 nitrogen and oxygen atoms in total. The molecule has 0 aliphatic carbocycles. The molecule has 0 aromatic carbocycles. The van der Waals surface area contributed by atoms with E-state index in [0.29, 0.717) is 6.20 Å². The topological polar surface area (TPSA) is 59.4 Å². The van der Waals surface area contributed by atoms with E-state index in [2.05, 4.69) is 9.72 Å². The molecule has 0 unspecified atom stereocenters. The molecule has 0 aliphatic heterocycles. The normalized spacial score (nSPS) is 11.7. The quantitative estimate of drug-likeness (QED) is 0.864. The van der Waals surface area contributed by atoms with E-state index < -0.39 is 47.6 Å². The largest absolute Gasteiger partial charge is 0.494 e. The van der Waals surface area contributed by atoms with Crippen LogP contribution < -0.4 is 4.74 Å². The molecule has 0 saturated carbocycles. The maximum atomic E-state index is 12.8. The zero-order chi connectivity index (χ0) is 14.8. The highest BCUT2D eigenvalue weighted by Gasteiger charge is 2.40. The lowest BCUT2D eigenvalue weighted by Gasteiger charge is -2.17. The van der Waals surface area contributed by atoms with E-state index in [1.165, 1.54) is 0 Å². The fraction of sp³-hybridized carbons (Fsp3) is 0.400. The smallest absolute Gasteiger partial charge is 0.420 e. The molecule has 0 fully saturated rings. The molecule has 0 amide bonds. The summed E-state index contributed by atoms with van der Waals surface area (Å²) in [6, 6.07) is 0. The molecule has 1 aromatic rings. The predicted molar refractivity (Wildman–Crippen MR) is 52.1 cm³/mol. The van der Waals surface area contributed by atoms with Crippen molar-refractivity contribution in [3.63, 3.8) is 0 Å². The number of hydrogen-bond donors (Lipinski definition) is 1. The summed E-state index contributed by atoms with van der Waals surface area (Å²) < 4.78 is 68.0. The average Bonchev–Trinajstić information content (AvgIpc) is 2.25. The second-order valence-electron chi connectivity index (χ2n) is 3.45. The molecule has 1 aromatic heterocycles. The number of aliphatic carboxylic acids is 1. The van der Waals surface area contributed by atoms with Crippen molar-refractivity contribution in [2.45, 2.75) is 19.0 Å². The van der Waals surface area contributed by atoms with Crippen LogP contribution >= 0.6 is 0 Å². The Kier molecular flexibility index (Phi) is 4.28. The maximum absolute atomic E-state index is 12.8. The van der Waals surface area contributed by atoms with Gasteiger partial charge in [-0.05, 0) is 5.56 Å². The molecule has 0 saturated heterocycles. The number of hydrogen-bond acceptors (Lipinski definition) is 3. The molecule has 9 heteroatoms. The summed E-state index contributed by atoms with van der Waals surface area (Å²) in [6.45, 7) is 0. The van der Waals surface area contributed by atoms with E-state index in [9.17, 15) is 26.7 Å². The van der Waals surface area contributed by atoms with E-state index in [-0.39, 0.29) is 0 Å². The summed E-state index contributed by atoms with van der Waals surface area (Å²) in [5.41, 5.74) is -3.45. The lowest BCUT2D eigenvalue weighted by molar-refractivity contribution is -0.140. The zero-order valence-electron chi connectivity index (χ0n) is 9.46. The summed E-state index contributed by atoms with van der Waals surface area (Å²) in [6.07, 6.45) is -8.82. The average molecular weight is 285 g/mol.